The van der Waals surface area contributed by atoms with Gasteiger partial charge in [-0.2, -0.15) is 0 Å². The SMILES string of the molecule is COCCC(C)Nc1ccccc1CC(N)=O. The molecule has 1 aromatic rings. The summed E-state index contributed by atoms with van der Waals surface area (Å²) in [6, 6.07) is 8.01. The van der Waals surface area contributed by atoms with Gasteiger partial charge in [-0.25, -0.2) is 0 Å². The lowest BCUT2D eigenvalue weighted by atomic mass is 10.1. The van der Waals surface area contributed by atoms with E-state index in [1.165, 1.54) is 0 Å². The van der Waals surface area contributed by atoms with Crippen LogP contribution in [0.1, 0.15) is 18.9 Å². The van der Waals surface area contributed by atoms with Gasteiger partial charge in [-0.3, -0.25) is 4.79 Å². The summed E-state index contributed by atoms with van der Waals surface area (Å²) in [6.07, 6.45) is 1.18. The monoisotopic (exact) mass is 236 g/mol. The van der Waals surface area contributed by atoms with Crippen LogP contribution in [0.3, 0.4) is 0 Å². The first kappa shape index (κ1) is 13.5. The van der Waals surface area contributed by atoms with Crippen molar-refractivity contribution in [1.29, 1.82) is 0 Å². The molecule has 1 amide bonds. The first-order valence-electron chi connectivity index (χ1n) is 5.75. The van der Waals surface area contributed by atoms with Gasteiger partial charge in [0, 0.05) is 25.4 Å². The maximum atomic E-state index is 11.0. The van der Waals surface area contributed by atoms with E-state index in [-0.39, 0.29) is 12.3 Å². The van der Waals surface area contributed by atoms with Crippen molar-refractivity contribution >= 4 is 11.6 Å². The van der Waals surface area contributed by atoms with Crippen molar-refractivity contribution in [2.45, 2.75) is 25.8 Å². The average molecular weight is 236 g/mol. The number of benzene rings is 1. The summed E-state index contributed by atoms with van der Waals surface area (Å²) in [6.45, 7) is 2.80. The molecule has 4 heteroatoms. The normalized spacial score (nSPS) is 12.1. The third-order valence-corrected chi connectivity index (χ3v) is 2.54. The molecule has 1 unspecified atom stereocenters. The number of carbonyl (C=O) groups is 1. The van der Waals surface area contributed by atoms with Gasteiger partial charge in [0.25, 0.3) is 0 Å². The van der Waals surface area contributed by atoms with Gasteiger partial charge >= 0.3 is 0 Å². The Hall–Kier alpha value is -1.55. The minimum Gasteiger partial charge on any atom is -0.385 e. The van der Waals surface area contributed by atoms with Crippen LogP contribution in [0.25, 0.3) is 0 Å². The number of primary amides is 1. The molecule has 4 nitrogen and oxygen atoms in total. The van der Waals surface area contributed by atoms with Crippen molar-refractivity contribution in [2.75, 3.05) is 19.0 Å². The number of methoxy groups -OCH3 is 1. The van der Waals surface area contributed by atoms with Crippen LogP contribution in [-0.4, -0.2) is 25.7 Å². The smallest absolute Gasteiger partial charge is 0.221 e. The van der Waals surface area contributed by atoms with Crippen molar-refractivity contribution < 1.29 is 9.53 Å². The highest BCUT2D eigenvalue weighted by Gasteiger charge is 2.07. The summed E-state index contributed by atoms with van der Waals surface area (Å²) in [5.74, 6) is -0.316. The Morgan fingerprint density at radius 3 is 2.82 bits per heavy atom. The second-order valence-corrected chi connectivity index (χ2v) is 4.13. The summed E-state index contributed by atoms with van der Waals surface area (Å²) >= 11 is 0. The molecular weight excluding hydrogens is 216 g/mol. The number of anilines is 1. The van der Waals surface area contributed by atoms with Gasteiger partial charge in [-0.05, 0) is 25.0 Å². The zero-order valence-electron chi connectivity index (χ0n) is 10.4. The standard InChI is InChI=1S/C13H20N2O2/c1-10(7-8-17-2)15-12-6-4-3-5-11(12)9-13(14)16/h3-6,10,15H,7-9H2,1-2H3,(H2,14,16). The highest BCUT2D eigenvalue weighted by molar-refractivity contribution is 5.78. The van der Waals surface area contributed by atoms with Crippen molar-refractivity contribution in [3.05, 3.63) is 29.8 Å². The molecule has 0 aliphatic carbocycles. The predicted octanol–water partition coefficient (Wildman–Crippen LogP) is 1.55. The number of para-hydroxylation sites is 1. The molecule has 0 aliphatic rings. The third-order valence-electron chi connectivity index (χ3n) is 2.54. The van der Waals surface area contributed by atoms with E-state index >= 15 is 0 Å². The molecule has 0 heterocycles. The summed E-state index contributed by atoms with van der Waals surface area (Å²) in [4.78, 5) is 11.0. The Morgan fingerprint density at radius 2 is 2.18 bits per heavy atom. The number of carbonyl (C=O) groups excluding carboxylic acids is 1. The predicted molar refractivity (Wildman–Crippen MR) is 68.9 cm³/mol. The van der Waals surface area contributed by atoms with Crippen LogP contribution in [0, 0.1) is 0 Å². The van der Waals surface area contributed by atoms with E-state index in [2.05, 4.69) is 12.2 Å². The minimum atomic E-state index is -0.316. The number of amides is 1. The zero-order chi connectivity index (χ0) is 12.7. The molecule has 0 saturated heterocycles. The Morgan fingerprint density at radius 1 is 1.47 bits per heavy atom. The summed E-state index contributed by atoms with van der Waals surface area (Å²) < 4.78 is 5.03. The largest absolute Gasteiger partial charge is 0.385 e. The first-order chi connectivity index (χ1) is 8.13. The van der Waals surface area contributed by atoms with Crippen LogP contribution in [0.15, 0.2) is 24.3 Å². The molecule has 0 saturated carbocycles. The quantitative estimate of drug-likeness (QED) is 0.755. The van der Waals surface area contributed by atoms with Crippen LogP contribution < -0.4 is 11.1 Å². The van der Waals surface area contributed by atoms with Gasteiger partial charge in [0.05, 0.1) is 6.42 Å². The number of nitrogens with two attached hydrogens (primary N) is 1. The van der Waals surface area contributed by atoms with Gasteiger partial charge in [-0.1, -0.05) is 18.2 Å². The molecule has 3 N–H and O–H groups in total. The molecule has 0 fully saturated rings. The Balaban J connectivity index is 2.65. The van der Waals surface area contributed by atoms with Crippen molar-refractivity contribution in [2.24, 2.45) is 5.73 Å². The number of rotatable bonds is 7. The molecule has 1 rings (SSSR count). The number of hydrogen-bond acceptors (Lipinski definition) is 3. The van der Waals surface area contributed by atoms with Gasteiger partial charge in [0.1, 0.15) is 0 Å². The molecular formula is C13H20N2O2. The van der Waals surface area contributed by atoms with E-state index in [1.54, 1.807) is 7.11 Å². The Labute approximate surface area is 102 Å². The molecule has 1 aromatic carbocycles. The lowest BCUT2D eigenvalue weighted by molar-refractivity contribution is -0.117. The zero-order valence-corrected chi connectivity index (χ0v) is 10.4. The molecule has 0 spiro atoms. The second kappa shape index (κ2) is 6.91. The summed E-state index contributed by atoms with van der Waals surface area (Å²) in [7, 11) is 1.69. The van der Waals surface area contributed by atoms with Gasteiger partial charge in [0.15, 0.2) is 0 Å². The summed E-state index contributed by atoms with van der Waals surface area (Å²) in [5.41, 5.74) is 7.12. The van der Waals surface area contributed by atoms with Crippen molar-refractivity contribution in [3.63, 3.8) is 0 Å². The van der Waals surface area contributed by atoms with Gasteiger partial charge in [0.2, 0.25) is 5.91 Å². The van der Waals surface area contributed by atoms with Crippen molar-refractivity contribution in [3.8, 4) is 0 Å². The molecule has 17 heavy (non-hydrogen) atoms. The van der Waals surface area contributed by atoms with E-state index in [1.807, 2.05) is 24.3 Å². The maximum absolute atomic E-state index is 11.0. The van der Waals surface area contributed by atoms with Crippen LogP contribution in [0.2, 0.25) is 0 Å². The fourth-order valence-corrected chi connectivity index (χ4v) is 1.64. The maximum Gasteiger partial charge on any atom is 0.221 e. The summed E-state index contributed by atoms with van der Waals surface area (Å²) in [5, 5.41) is 3.36. The molecule has 0 bridgehead atoms. The Kier molecular flexibility index (Phi) is 5.49. The molecule has 0 radical (unpaired) electrons. The lowest BCUT2D eigenvalue weighted by Crippen LogP contribution is -2.20. The molecule has 1 atom stereocenters. The van der Waals surface area contributed by atoms with E-state index in [9.17, 15) is 4.79 Å². The Bertz CT molecular complexity index is 366. The van der Waals surface area contributed by atoms with Crippen molar-refractivity contribution in [1.82, 2.24) is 0 Å². The highest BCUT2D eigenvalue weighted by atomic mass is 16.5. The van der Waals surface area contributed by atoms with Gasteiger partial charge in [-0.15, -0.1) is 0 Å². The molecule has 94 valence electrons. The lowest BCUT2D eigenvalue weighted by Gasteiger charge is -2.17. The van der Waals surface area contributed by atoms with Crippen LogP contribution in [-0.2, 0) is 16.0 Å². The fourth-order valence-electron chi connectivity index (χ4n) is 1.64. The number of hydrogen-bond donors (Lipinski definition) is 2. The number of ether oxygens (including phenoxy) is 1. The minimum absolute atomic E-state index is 0.264. The molecule has 0 aromatic heterocycles. The highest BCUT2D eigenvalue weighted by Crippen LogP contribution is 2.17. The van der Waals surface area contributed by atoms with E-state index in [0.717, 1.165) is 17.7 Å². The van der Waals surface area contributed by atoms with Crippen LogP contribution >= 0.6 is 0 Å². The fraction of sp³-hybridized carbons (Fsp3) is 0.462. The van der Waals surface area contributed by atoms with E-state index in [0.29, 0.717) is 12.6 Å². The third kappa shape index (κ3) is 4.87. The molecule has 0 aliphatic heterocycles. The topological polar surface area (TPSA) is 64.3 Å². The van der Waals surface area contributed by atoms with Crippen LogP contribution in [0.4, 0.5) is 5.69 Å². The average Bonchev–Trinajstić information content (AvgIpc) is 2.28. The first-order valence-corrected chi connectivity index (χ1v) is 5.75. The van der Waals surface area contributed by atoms with Crippen LogP contribution in [0.5, 0.6) is 0 Å². The number of nitrogens with one attached hydrogen (secondary N) is 1. The second-order valence-electron chi connectivity index (χ2n) is 4.13. The van der Waals surface area contributed by atoms with E-state index in [4.69, 9.17) is 10.5 Å². The van der Waals surface area contributed by atoms with Gasteiger partial charge < -0.3 is 15.8 Å². The van der Waals surface area contributed by atoms with E-state index < -0.39 is 0 Å².